The van der Waals surface area contributed by atoms with Crippen molar-refractivity contribution in [2.24, 2.45) is 0 Å². The highest BCUT2D eigenvalue weighted by molar-refractivity contribution is 7.89. The van der Waals surface area contributed by atoms with Crippen LogP contribution in [-0.2, 0) is 19.6 Å². The highest BCUT2D eigenvalue weighted by atomic mass is 32.2. The van der Waals surface area contributed by atoms with Crippen LogP contribution in [0.2, 0.25) is 0 Å². The number of imide groups is 1. The predicted molar refractivity (Wildman–Crippen MR) is 74.1 cm³/mol. The Balaban J connectivity index is 2.51. The molecule has 21 heavy (non-hydrogen) atoms. The third kappa shape index (κ3) is 2.83. The fourth-order valence-corrected chi connectivity index (χ4v) is 3.48. The number of ether oxygens (including phenoxy) is 1. The van der Waals surface area contributed by atoms with Gasteiger partial charge in [0.25, 0.3) is 0 Å². The molecule has 1 aromatic carbocycles. The van der Waals surface area contributed by atoms with Gasteiger partial charge in [0.1, 0.15) is 10.6 Å². The van der Waals surface area contributed by atoms with Crippen LogP contribution >= 0.6 is 0 Å². The van der Waals surface area contributed by atoms with E-state index in [4.69, 9.17) is 10.5 Å². The zero-order chi connectivity index (χ0) is 15.8. The molecule has 0 radical (unpaired) electrons. The molecular weight excluding hydrogens is 298 g/mol. The van der Waals surface area contributed by atoms with Gasteiger partial charge in [0.15, 0.2) is 0 Å². The summed E-state index contributed by atoms with van der Waals surface area (Å²) in [5, 5.41) is 2.04. The smallest absolute Gasteiger partial charge is 0.247 e. The maximum atomic E-state index is 12.6. The molecule has 1 heterocycles. The number of methoxy groups -OCH3 is 1. The summed E-state index contributed by atoms with van der Waals surface area (Å²) in [6.07, 6.45) is 0. The van der Waals surface area contributed by atoms with E-state index in [1.54, 1.807) is 6.92 Å². The largest absolute Gasteiger partial charge is 0.495 e. The van der Waals surface area contributed by atoms with Crippen LogP contribution in [-0.4, -0.2) is 44.7 Å². The average molecular weight is 313 g/mol. The van der Waals surface area contributed by atoms with Gasteiger partial charge in [-0.2, -0.15) is 4.31 Å². The number of nitrogen functional groups attached to an aromatic ring is 1. The lowest BCUT2D eigenvalue weighted by atomic mass is 10.2. The lowest BCUT2D eigenvalue weighted by Crippen LogP contribution is -2.53. The number of sulfonamides is 1. The molecule has 0 unspecified atom stereocenters. The Morgan fingerprint density at radius 1 is 1.24 bits per heavy atom. The first-order valence-corrected chi connectivity index (χ1v) is 7.46. The zero-order valence-corrected chi connectivity index (χ0v) is 12.4. The maximum absolute atomic E-state index is 12.6. The van der Waals surface area contributed by atoms with E-state index in [9.17, 15) is 18.0 Å². The summed E-state index contributed by atoms with van der Waals surface area (Å²) in [5.41, 5.74) is 6.69. The Morgan fingerprint density at radius 2 is 1.81 bits per heavy atom. The molecule has 0 aliphatic carbocycles. The van der Waals surface area contributed by atoms with Gasteiger partial charge in [0, 0.05) is 5.69 Å². The Morgan fingerprint density at radius 3 is 2.33 bits per heavy atom. The highest BCUT2D eigenvalue weighted by Crippen LogP contribution is 2.31. The topological polar surface area (TPSA) is 119 Å². The Bertz CT molecular complexity index is 698. The summed E-state index contributed by atoms with van der Waals surface area (Å²) in [5.74, 6) is -1.23. The number of hydrogen-bond acceptors (Lipinski definition) is 6. The molecule has 8 nitrogen and oxygen atoms in total. The summed E-state index contributed by atoms with van der Waals surface area (Å²) < 4.78 is 31.0. The van der Waals surface area contributed by atoms with Crippen molar-refractivity contribution in [1.82, 2.24) is 9.62 Å². The number of aryl methyl sites for hydroxylation is 1. The number of carbonyl (C=O) groups is 2. The van der Waals surface area contributed by atoms with Gasteiger partial charge in [-0.1, -0.05) is 0 Å². The van der Waals surface area contributed by atoms with Crippen LogP contribution in [0.25, 0.3) is 0 Å². The van der Waals surface area contributed by atoms with Crippen molar-refractivity contribution in [3.8, 4) is 5.75 Å². The van der Waals surface area contributed by atoms with Gasteiger partial charge in [0.2, 0.25) is 21.8 Å². The maximum Gasteiger partial charge on any atom is 0.247 e. The molecule has 9 heteroatoms. The quantitative estimate of drug-likeness (QED) is 0.559. The third-order valence-electron chi connectivity index (χ3n) is 3.09. The van der Waals surface area contributed by atoms with Crippen molar-refractivity contribution in [3.05, 3.63) is 17.7 Å². The standard InChI is InChI=1S/C12H15N3O5S/c1-7-3-9(20-2)10(4-8(7)13)21(18,19)15-5-11(16)14-12(17)6-15/h3-4H,5-6,13H2,1-2H3,(H,14,16,17). The minimum atomic E-state index is -4.06. The summed E-state index contributed by atoms with van der Waals surface area (Å²) in [6.45, 7) is 0.863. The molecule has 114 valence electrons. The van der Waals surface area contributed by atoms with Crippen LogP contribution in [0.3, 0.4) is 0 Å². The Kier molecular flexibility index (Phi) is 3.88. The first-order chi connectivity index (χ1) is 9.75. The minimum Gasteiger partial charge on any atom is -0.495 e. The second kappa shape index (κ2) is 5.34. The zero-order valence-electron chi connectivity index (χ0n) is 11.5. The van der Waals surface area contributed by atoms with Gasteiger partial charge in [-0.05, 0) is 24.6 Å². The number of benzene rings is 1. The summed E-state index contributed by atoms with van der Waals surface area (Å²) >= 11 is 0. The average Bonchev–Trinajstić information content (AvgIpc) is 2.40. The van der Waals surface area contributed by atoms with E-state index in [2.05, 4.69) is 0 Å². The SMILES string of the molecule is COc1cc(C)c(N)cc1S(=O)(=O)N1CC(=O)NC(=O)C1. The van der Waals surface area contributed by atoms with E-state index in [-0.39, 0.29) is 16.3 Å². The summed E-state index contributed by atoms with van der Waals surface area (Å²) in [6, 6.07) is 2.76. The summed E-state index contributed by atoms with van der Waals surface area (Å²) in [7, 11) is -2.73. The molecule has 3 N–H and O–H groups in total. The molecule has 0 spiro atoms. The first kappa shape index (κ1) is 15.3. The fraction of sp³-hybridized carbons (Fsp3) is 0.333. The van der Waals surface area contributed by atoms with Crippen molar-refractivity contribution in [2.45, 2.75) is 11.8 Å². The number of nitrogens with one attached hydrogen (secondary N) is 1. The minimum absolute atomic E-state index is 0.111. The lowest BCUT2D eigenvalue weighted by Gasteiger charge is -2.25. The van der Waals surface area contributed by atoms with Crippen molar-refractivity contribution >= 4 is 27.5 Å². The van der Waals surface area contributed by atoms with Gasteiger partial charge >= 0.3 is 0 Å². The molecule has 1 aromatic rings. The molecule has 0 bridgehead atoms. The normalized spacial score (nSPS) is 16.7. The number of rotatable bonds is 3. The number of amides is 2. The van der Waals surface area contributed by atoms with Gasteiger partial charge in [-0.3, -0.25) is 14.9 Å². The van der Waals surface area contributed by atoms with E-state index < -0.39 is 34.9 Å². The monoisotopic (exact) mass is 313 g/mol. The van der Waals surface area contributed by atoms with Crippen molar-refractivity contribution in [2.75, 3.05) is 25.9 Å². The van der Waals surface area contributed by atoms with E-state index >= 15 is 0 Å². The molecule has 2 amide bonds. The molecule has 0 saturated carbocycles. The van der Waals surface area contributed by atoms with E-state index in [1.807, 2.05) is 5.32 Å². The van der Waals surface area contributed by atoms with Crippen LogP contribution in [0.15, 0.2) is 17.0 Å². The van der Waals surface area contributed by atoms with Crippen LogP contribution in [0.1, 0.15) is 5.56 Å². The molecule has 2 rings (SSSR count). The van der Waals surface area contributed by atoms with Crippen molar-refractivity contribution in [1.29, 1.82) is 0 Å². The molecule has 1 aliphatic heterocycles. The number of carbonyl (C=O) groups excluding carboxylic acids is 2. The van der Waals surface area contributed by atoms with Crippen LogP contribution in [0, 0.1) is 6.92 Å². The summed E-state index contributed by atoms with van der Waals surface area (Å²) in [4.78, 5) is 22.5. The number of hydrogen-bond donors (Lipinski definition) is 2. The molecule has 0 atom stereocenters. The molecule has 1 fully saturated rings. The number of nitrogens with two attached hydrogens (primary N) is 1. The number of piperazine rings is 1. The third-order valence-corrected chi connectivity index (χ3v) is 4.90. The molecule has 1 saturated heterocycles. The van der Waals surface area contributed by atoms with Crippen LogP contribution in [0.4, 0.5) is 5.69 Å². The molecular formula is C12H15N3O5S. The van der Waals surface area contributed by atoms with Crippen molar-refractivity contribution in [3.63, 3.8) is 0 Å². The highest BCUT2D eigenvalue weighted by Gasteiger charge is 2.35. The van der Waals surface area contributed by atoms with Gasteiger partial charge in [0.05, 0.1) is 20.2 Å². The van der Waals surface area contributed by atoms with Gasteiger partial charge in [-0.25, -0.2) is 8.42 Å². The second-order valence-corrected chi connectivity index (χ2v) is 6.51. The van der Waals surface area contributed by atoms with Crippen LogP contribution < -0.4 is 15.8 Å². The first-order valence-electron chi connectivity index (χ1n) is 6.02. The van der Waals surface area contributed by atoms with Gasteiger partial charge in [-0.15, -0.1) is 0 Å². The molecule has 1 aliphatic rings. The van der Waals surface area contributed by atoms with E-state index in [0.29, 0.717) is 5.56 Å². The Labute approximate surface area is 121 Å². The number of anilines is 1. The predicted octanol–water partition coefficient (Wildman–Crippen LogP) is -0.767. The fourth-order valence-electron chi connectivity index (χ4n) is 1.96. The Hall–Kier alpha value is -2.13. The van der Waals surface area contributed by atoms with E-state index in [0.717, 1.165) is 4.31 Å². The van der Waals surface area contributed by atoms with Crippen LogP contribution in [0.5, 0.6) is 5.75 Å². The van der Waals surface area contributed by atoms with E-state index in [1.165, 1.54) is 19.2 Å². The molecule has 0 aromatic heterocycles. The van der Waals surface area contributed by atoms with Gasteiger partial charge < -0.3 is 10.5 Å². The second-order valence-electron chi connectivity index (χ2n) is 4.60. The number of nitrogens with zero attached hydrogens (tertiary/aromatic N) is 1. The lowest BCUT2D eigenvalue weighted by molar-refractivity contribution is -0.134. The van der Waals surface area contributed by atoms with Crippen molar-refractivity contribution < 1.29 is 22.7 Å².